The number of pyridine rings is 1. The van der Waals surface area contributed by atoms with Crippen molar-refractivity contribution in [3.05, 3.63) is 82.3 Å². The lowest BCUT2D eigenvalue weighted by molar-refractivity contribution is 0.415. The van der Waals surface area contributed by atoms with Crippen LogP contribution < -0.4 is 15.4 Å². The number of fused-ring (bicyclic) bond motifs is 1. The Morgan fingerprint density at radius 1 is 1.12 bits per heavy atom. The number of aromatic nitrogens is 3. The fraction of sp³-hybridized carbons (Fsp3) is 0.167. The molecule has 0 radical (unpaired) electrons. The molecule has 2 heterocycles. The zero-order chi connectivity index (χ0) is 22.7. The van der Waals surface area contributed by atoms with E-state index in [4.69, 9.17) is 22.1 Å². The van der Waals surface area contributed by atoms with E-state index in [0.29, 0.717) is 51.9 Å². The van der Waals surface area contributed by atoms with Crippen LogP contribution in [0.1, 0.15) is 22.5 Å². The minimum absolute atomic E-state index is 0. The summed E-state index contributed by atoms with van der Waals surface area (Å²) in [4.78, 5) is 6.35. The quantitative estimate of drug-likeness (QED) is 0.350. The van der Waals surface area contributed by atoms with Crippen LogP contribution in [-0.4, -0.2) is 29.3 Å². The summed E-state index contributed by atoms with van der Waals surface area (Å²) < 4.78 is 5.23. The zero-order valence-corrected chi connectivity index (χ0v) is 20.9. The number of nitrogens with zero attached hydrogens (tertiary/aromatic N) is 5. The Hall–Kier alpha value is -3.31. The second kappa shape index (κ2) is 11.7. The van der Waals surface area contributed by atoms with Crippen LogP contribution in [-0.2, 0) is 13.0 Å². The van der Waals surface area contributed by atoms with E-state index in [9.17, 15) is 5.26 Å². The average Bonchev–Trinajstić information content (AvgIpc) is 2.80. The summed E-state index contributed by atoms with van der Waals surface area (Å²) in [6, 6.07) is 17.1. The summed E-state index contributed by atoms with van der Waals surface area (Å²) in [5.74, 6) is 1.27. The Bertz CT molecular complexity index is 1330. The Balaban J connectivity index is 0.00000204. The first-order valence-corrected chi connectivity index (χ1v) is 10.3. The van der Waals surface area contributed by atoms with Crippen LogP contribution in [0.2, 0.25) is 5.02 Å². The van der Waals surface area contributed by atoms with Crippen LogP contribution in [0.4, 0.5) is 11.5 Å². The maximum absolute atomic E-state index is 9.51. The number of anilines is 2. The number of halogens is 3. The van der Waals surface area contributed by atoms with Crippen LogP contribution >= 0.6 is 36.4 Å². The van der Waals surface area contributed by atoms with Gasteiger partial charge in [0, 0.05) is 30.4 Å². The normalized spacial score (nSPS) is 10.1. The van der Waals surface area contributed by atoms with Gasteiger partial charge in [0.2, 0.25) is 0 Å². The molecule has 0 aliphatic carbocycles. The van der Waals surface area contributed by atoms with Gasteiger partial charge in [0.15, 0.2) is 5.82 Å². The molecule has 34 heavy (non-hydrogen) atoms. The molecule has 0 saturated heterocycles. The first-order chi connectivity index (χ1) is 15.5. The topological polar surface area (TPSA) is 101 Å². The van der Waals surface area contributed by atoms with E-state index in [1.165, 1.54) is 0 Å². The third-order valence-corrected chi connectivity index (χ3v) is 5.53. The zero-order valence-electron chi connectivity index (χ0n) is 18.5. The molecule has 2 N–H and O–H groups in total. The van der Waals surface area contributed by atoms with Crippen molar-refractivity contribution in [2.24, 2.45) is 0 Å². The monoisotopic (exact) mass is 516 g/mol. The highest BCUT2D eigenvalue weighted by atomic mass is 35.5. The molecule has 0 spiro atoms. The van der Waals surface area contributed by atoms with Crippen LogP contribution in [0.5, 0.6) is 5.75 Å². The van der Waals surface area contributed by atoms with Gasteiger partial charge in [-0.2, -0.15) is 10.4 Å². The van der Waals surface area contributed by atoms with E-state index < -0.39 is 0 Å². The molecule has 0 aliphatic heterocycles. The van der Waals surface area contributed by atoms with Gasteiger partial charge in [-0.3, -0.25) is 4.98 Å². The molecule has 0 bridgehead atoms. The molecule has 4 rings (SSSR count). The third kappa shape index (κ3) is 5.42. The van der Waals surface area contributed by atoms with Gasteiger partial charge in [0.05, 0.1) is 41.3 Å². The number of hydrogen-bond acceptors (Lipinski definition) is 7. The molecule has 0 saturated carbocycles. The summed E-state index contributed by atoms with van der Waals surface area (Å²) in [7, 11) is 3.50. The largest absolute Gasteiger partial charge is 0.495 e. The molecule has 10 heteroatoms. The lowest BCUT2D eigenvalue weighted by Gasteiger charge is -2.21. The molecular weight excluding hydrogens is 495 g/mol. The number of hydrogen-bond donors (Lipinski definition) is 1. The summed E-state index contributed by atoms with van der Waals surface area (Å²) in [5.41, 5.74) is 9.72. The number of nitrogen functional groups attached to an aromatic ring is 1. The number of nitrogens with two attached hydrogens (primary N) is 1. The SMILES string of the molecule is COc1ccc(Cc2nnc(N(C)Cc3ccccn3)c3ccc(C#N)c(N)c23)cc1Cl.Cl.Cl. The molecule has 0 amide bonds. The molecule has 2 aromatic carbocycles. The van der Waals surface area contributed by atoms with Gasteiger partial charge < -0.3 is 15.4 Å². The second-order valence-corrected chi connectivity index (χ2v) is 7.76. The third-order valence-electron chi connectivity index (χ3n) is 5.24. The molecule has 0 aliphatic rings. The summed E-state index contributed by atoms with van der Waals surface area (Å²) in [6.45, 7) is 0.554. The highest BCUT2D eigenvalue weighted by Gasteiger charge is 2.18. The maximum atomic E-state index is 9.51. The van der Waals surface area contributed by atoms with Gasteiger partial charge in [-0.1, -0.05) is 23.7 Å². The molecule has 2 aromatic heterocycles. The molecule has 0 atom stereocenters. The van der Waals surface area contributed by atoms with Crippen molar-refractivity contribution >= 4 is 58.7 Å². The fourth-order valence-corrected chi connectivity index (χ4v) is 3.93. The first kappa shape index (κ1) is 26.9. The molecule has 4 aromatic rings. The van der Waals surface area contributed by atoms with E-state index >= 15 is 0 Å². The predicted octanol–water partition coefficient (Wildman–Crippen LogP) is 5.21. The van der Waals surface area contributed by atoms with Crippen molar-refractivity contribution in [3.63, 3.8) is 0 Å². The van der Waals surface area contributed by atoms with Crippen molar-refractivity contribution in [2.75, 3.05) is 24.8 Å². The predicted molar refractivity (Wildman–Crippen MR) is 140 cm³/mol. The fourth-order valence-electron chi connectivity index (χ4n) is 3.65. The molecular formula is C24H23Cl3N6O. The Morgan fingerprint density at radius 2 is 1.91 bits per heavy atom. The van der Waals surface area contributed by atoms with Crippen molar-refractivity contribution in [1.82, 2.24) is 15.2 Å². The van der Waals surface area contributed by atoms with E-state index in [1.807, 2.05) is 54.4 Å². The average molecular weight is 518 g/mol. The van der Waals surface area contributed by atoms with Crippen molar-refractivity contribution in [1.29, 1.82) is 5.26 Å². The molecule has 7 nitrogen and oxygen atoms in total. The number of nitriles is 1. The highest BCUT2D eigenvalue weighted by Crippen LogP contribution is 2.34. The van der Waals surface area contributed by atoms with E-state index in [0.717, 1.165) is 16.6 Å². The number of ether oxygens (including phenoxy) is 1. The van der Waals surface area contributed by atoms with Gasteiger partial charge in [-0.05, 0) is 42.0 Å². The van der Waals surface area contributed by atoms with Gasteiger partial charge >= 0.3 is 0 Å². The lowest BCUT2D eigenvalue weighted by atomic mass is 10.00. The molecule has 176 valence electrons. The highest BCUT2D eigenvalue weighted by molar-refractivity contribution is 6.32. The van der Waals surface area contributed by atoms with Gasteiger partial charge in [0.25, 0.3) is 0 Å². The standard InChI is InChI=1S/C24H21ClN6O.2ClH/c1-31(14-17-5-3-4-10-28-17)24-18-8-7-16(13-26)23(27)22(18)20(29-30-24)12-15-6-9-21(32-2)19(25)11-15;;/h3-11H,12,14,27H2,1-2H3;2*1H. The Labute approximate surface area is 215 Å². The number of methoxy groups -OCH3 is 1. The molecule has 0 unspecified atom stereocenters. The van der Waals surface area contributed by atoms with Crippen LogP contribution in [0.15, 0.2) is 54.7 Å². The van der Waals surface area contributed by atoms with Crippen molar-refractivity contribution < 1.29 is 4.74 Å². The summed E-state index contributed by atoms with van der Waals surface area (Å²) >= 11 is 6.30. The van der Waals surface area contributed by atoms with Crippen molar-refractivity contribution in [3.8, 4) is 11.8 Å². The summed E-state index contributed by atoms with van der Waals surface area (Å²) in [5, 5.41) is 20.6. The number of rotatable bonds is 6. The van der Waals surface area contributed by atoms with E-state index in [1.54, 1.807) is 19.4 Å². The first-order valence-electron chi connectivity index (χ1n) is 9.93. The van der Waals surface area contributed by atoms with Crippen LogP contribution in [0.25, 0.3) is 10.8 Å². The number of benzene rings is 2. The van der Waals surface area contributed by atoms with Gasteiger partial charge in [-0.15, -0.1) is 29.9 Å². The summed E-state index contributed by atoms with van der Waals surface area (Å²) in [6.07, 6.45) is 2.21. The smallest absolute Gasteiger partial charge is 0.159 e. The van der Waals surface area contributed by atoms with Crippen LogP contribution in [0.3, 0.4) is 0 Å². The van der Waals surface area contributed by atoms with E-state index in [2.05, 4.69) is 21.3 Å². The second-order valence-electron chi connectivity index (χ2n) is 7.35. The Morgan fingerprint density at radius 3 is 2.56 bits per heavy atom. The van der Waals surface area contributed by atoms with Crippen LogP contribution in [0, 0.1) is 11.3 Å². The molecule has 0 fully saturated rings. The van der Waals surface area contributed by atoms with Gasteiger partial charge in [0.1, 0.15) is 11.8 Å². The van der Waals surface area contributed by atoms with Gasteiger partial charge in [-0.25, -0.2) is 0 Å². The lowest BCUT2D eigenvalue weighted by Crippen LogP contribution is -2.20. The Kier molecular flexibility index (Phi) is 9.28. The minimum Gasteiger partial charge on any atom is -0.495 e. The minimum atomic E-state index is 0. The maximum Gasteiger partial charge on any atom is 0.159 e. The van der Waals surface area contributed by atoms with E-state index in [-0.39, 0.29) is 24.8 Å². The van der Waals surface area contributed by atoms with Crippen molar-refractivity contribution in [2.45, 2.75) is 13.0 Å².